The van der Waals surface area contributed by atoms with Gasteiger partial charge < -0.3 is 0 Å². The van der Waals surface area contributed by atoms with Gasteiger partial charge in [-0.05, 0) is 0 Å². The molecule has 4 heteroatoms. The summed E-state index contributed by atoms with van der Waals surface area (Å²) in [6, 6.07) is 5.23. The van der Waals surface area contributed by atoms with Crippen LogP contribution in [0.3, 0.4) is 0 Å². The molecule has 0 bridgehead atoms. The van der Waals surface area contributed by atoms with Crippen molar-refractivity contribution < 1.29 is 13.2 Å². The normalized spacial score (nSPS) is 14.2. The number of halogens is 3. The van der Waals surface area contributed by atoms with Gasteiger partial charge in [-0.3, -0.25) is 0 Å². The minimum absolute atomic E-state index is 0.204. The summed E-state index contributed by atoms with van der Waals surface area (Å²) in [5.41, 5.74) is 0.303. The number of hydrogen-bond donors (Lipinski definition) is 0. The molecule has 0 nitrogen and oxygen atoms in total. The summed E-state index contributed by atoms with van der Waals surface area (Å²) in [4.78, 5) is 0.204. The second-order valence-electron chi connectivity index (χ2n) is 2.80. The molecule has 0 saturated carbocycles. The van der Waals surface area contributed by atoms with Crippen molar-refractivity contribution in [2.75, 3.05) is 0 Å². The third-order valence-electron chi connectivity index (χ3n) is 1.72. The fraction of sp³-hybridized carbons (Fsp3) is 0.333. The van der Waals surface area contributed by atoms with Crippen molar-refractivity contribution in [3.63, 3.8) is 0 Å². The van der Waals surface area contributed by atoms with E-state index < -0.39 is 11.7 Å². The van der Waals surface area contributed by atoms with Crippen LogP contribution >= 0.6 is 0 Å². The summed E-state index contributed by atoms with van der Waals surface area (Å²) < 4.78 is 36.4. The van der Waals surface area contributed by atoms with Crippen molar-refractivity contribution in [1.82, 2.24) is 0 Å². The average Bonchev–Trinajstić information content (AvgIpc) is 2.03. The van der Waals surface area contributed by atoms with E-state index in [-0.39, 0.29) is 4.82 Å². The van der Waals surface area contributed by atoms with Crippen molar-refractivity contribution in [2.45, 2.75) is 17.9 Å². The van der Waals surface area contributed by atoms with Crippen molar-refractivity contribution in [3.05, 3.63) is 35.4 Å². The molecule has 0 aromatic heterocycles. The zero-order valence-corrected chi connectivity index (χ0v) is 8.84. The molecule has 0 fully saturated rings. The predicted molar refractivity (Wildman–Crippen MR) is 47.0 cm³/mol. The number of alkyl halides is 3. The maximum absolute atomic E-state index is 12.1. The van der Waals surface area contributed by atoms with Gasteiger partial charge in [-0.25, -0.2) is 0 Å². The van der Waals surface area contributed by atoms with Gasteiger partial charge in [0.25, 0.3) is 0 Å². The van der Waals surface area contributed by atoms with Gasteiger partial charge >= 0.3 is 82.5 Å². The summed E-state index contributed by atoms with van der Waals surface area (Å²) >= 11 is 2.39. The minimum atomic E-state index is -4.23. The third-order valence-corrected chi connectivity index (χ3v) is 2.35. The van der Waals surface area contributed by atoms with Gasteiger partial charge in [-0.1, -0.05) is 0 Å². The fourth-order valence-electron chi connectivity index (χ4n) is 0.951. The fourth-order valence-corrected chi connectivity index (χ4v) is 1.31. The molecular formula is C9H9F3Se. The molecule has 72 valence electrons. The summed E-state index contributed by atoms with van der Waals surface area (Å²) in [5, 5.41) is 0. The molecule has 1 aromatic rings. The molecule has 0 aliphatic rings. The Kier molecular flexibility index (Phi) is 3.04. The molecule has 0 spiro atoms. The number of rotatable bonds is 1. The molecule has 0 N–H and O–H groups in total. The van der Waals surface area contributed by atoms with E-state index in [1.807, 2.05) is 6.92 Å². The zero-order valence-electron chi connectivity index (χ0n) is 6.97. The Hall–Kier alpha value is -0.471. The van der Waals surface area contributed by atoms with Gasteiger partial charge in [0.1, 0.15) is 0 Å². The maximum atomic E-state index is 12.1. The third kappa shape index (κ3) is 2.75. The van der Waals surface area contributed by atoms with Crippen LogP contribution in [0.25, 0.3) is 0 Å². The van der Waals surface area contributed by atoms with Crippen molar-refractivity contribution >= 4 is 16.0 Å². The summed E-state index contributed by atoms with van der Waals surface area (Å²) in [5.74, 6) is 0. The van der Waals surface area contributed by atoms with Gasteiger partial charge in [0.05, 0.1) is 0 Å². The SMILES string of the molecule is CC([SeH])c1ccc(C(F)(F)F)cc1. The predicted octanol–water partition coefficient (Wildman–Crippen LogP) is 2.67. The first-order valence-electron chi connectivity index (χ1n) is 3.76. The Morgan fingerprint density at radius 1 is 1.15 bits per heavy atom. The van der Waals surface area contributed by atoms with E-state index in [0.717, 1.165) is 17.7 Å². The van der Waals surface area contributed by atoms with Gasteiger partial charge in [0.15, 0.2) is 0 Å². The van der Waals surface area contributed by atoms with Gasteiger partial charge in [-0.15, -0.1) is 0 Å². The summed E-state index contributed by atoms with van der Waals surface area (Å²) in [6.45, 7) is 1.92. The van der Waals surface area contributed by atoms with E-state index in [1.165, 1.54) is 12.1 Å². The molecule has 0 radical (unpaired) electrons. The Labute approximate surface area is 83.0 Å². The van der Waals surface area contributed by atoms with E-state index in [4.69, 9.17) is 0 Å². The van der Waals surface area contributed by atoms with E-state index in [9.17, 15) is 13.2 Å². The molecular weight excluding hydrogens is 244 g/mol. The second kappa shape index (κ2) is 3.72. The summed E-state index contributed by atoms with van der Waals surface area (Å²) in [7, 11) is 0. The summed E-state index contributed by atoms with van der Waals surface area (Å²) in [6.07, 6.45) is -4.23. The second-order valence-corrected chi connectivity index (χ2v) is 4.42. The molecule has 1 rings (SSSR count). The van der Waals surface area contributed by atoms with E-state index >= 15 is 0 Å². The standard InChI is InChI=1S/C9H9F3Se/c1-6(13)7-2-4-8(5-3-7)9(10,11)12/h2-6,13H,1H3. The van der Waals surface area contributed by atoms with Crippen LogP contribution < -0.4 is 0 Å². The number of hydrogen-bond acceptors (Lipinski definition) is 0. The Morgan fingerprint density at radius 3 is 1.92 bits per heavy atom. The molecule has 1 unspecified atom stereocenters. The average molecular weight is 253 g/mol. The zero-order chi connectivity index (χ0) is 10.1. The van der Waals surface area contributed by atoms with Gasteiger partial charge in [0.2, 0.25) is 0 Å². The van der Waals surface area contributed by atoms with Crippen LogP contribution in [0, 0.1) is 0 Å². The molecule has 0 saturated heterocycles. The molecule has 0 amide bonds. The monoisotopic (exact) mass is 254 g/mol. The van der Waals surface area contributed by atoms with Crippen LogP contribution in [0.4, 0.5) is 13.2 Å². The van der Waals surface area contributed by atoms with E-state index in [0.29, 0.717) is 0 Å². The van der Waals surface area contributed by atoms with Gasteiger partial charge in [-0.2, -0.15) is 0 Å². The van der Waals surface area contributed by atoms with E-state index in [1.54, 1.807) is 0 Å². The quantitative estimate of drug-likeness (QED) is 0.675. The molecule has 0 aliphatic carbocycles. The molecule has 1 aromatic carbocycles. The van der Waals surface area contributed by atoms with Crippen LogP contribution in [-0.2, 0) is 6.18 Å². The van der Waals surface area contributed by atoms with Crippen LogP contribution in [0.5, 0.6) is 0 Å². The molecule has 13 heavy (non-hydrogen) atoms. The van der Waals surface area contributed by atoms with Crippen LogP contribution in [0.15, 0.2) is 24.3 Å². The van der Waals surface area contributed by atoms with Crippen molar-refractivity contribution in [1.29, 1.82) is 0 Å². The Balaban J connectivity index is 2.94. The first kappa shape index (κ1) is 10.6. The first-order chi connectivity index (χ1) is 5.91. The van der Waals surface area contributed by atoms with Crippen LogP contribution in [0.2, 0.25) is 0 Å². The van der Waals surface area contributed by atoms with Crippen molar-refractivity contribution in [2.24, 2.45) is 0 Å². The van der Waals surface area contributed by atoms with Crippen molar-refractivity contribution in [3.8, 4) is 0 Å². The van der Waals surface area contributed by atoms with Crippen LogP contribution in [-0.4, -0.2) is 16.0 Å². The van der Waals surface area contributed by atoms with Crippen LogP contribution in [0.1, 0.15) is 22.9 Å². The first-order valence-corrected chi connectivity index (χ1v) is 4.85. The molecule has 0 aliphatic heterocycles. The Morgan fingerprint density at radius 2 is 1.62 bits per heavy atom. The van der Waals surface area contributed by atoms with Gasteiger partial charge in [0, 0.05) is 0 Å². The Bertz CT molecular complexity index is 274. The van der Waals surface area contributed by atoms with E-state index in [2.05, 4.69) is 16.0 Å². The molecule has 0 heterocycles. The number of benzene rings is 1. The molecule has 1 atom stereocenters. The topological polar surface area (TPSA) is 0 Å².